The smallest absolute Gasteiger partial charge is 0.292 e. The third-order valence-electron chi connectivity index (χ3n) is 2.93. The van der Waals surface area contributed by atoms with Gasteiger partial charge in [0.2, 0.25) is 10.0 Å². The van der Waals surface area contributed by atoms with Gasteiger partial charge in [0.15, 0.2) is 0 Å². The summed E-state index contributed by atoms with van der Waals surface area (Å²) in [6, 6.07) is 3.57. The van der Waals surface area contributed by atoms with Crippen molar-refractivity contribution in [3.8, 4) is 0 Å². The van der Waals surface area contributed by atoms with E-state index in [2.05, 4.69) is 5.32 Å². The van der Waals surface area contributed by atoms with E-state index in [1.807, 2.05) is 0 Å². The predicted octanol–water partition coefficient (Wildman–Crippen LogP) is 2.06. The first kappa shape index (κ1) is 16.4. The lowest BCUT2D eigenvalue weighted by molar-refractivity contribution is -0.384. The molecule has 0 radical (unpaired) electrons. The minimum Gasteiger partial charge on any atom is -0.383 e. The molecule has 0 saturated carbocycles. The lowest BCUT2D eigenvalue weighted by Crippen LogP contribution is -2.36. The Morgan fingerprint density at radius 3 is 2.40 bits per heavy atom. The minimum absolute atomic E-state index is 0.0444. The molecule has 0 saturated heterocycles. The van der Waals surface area contributed by atoms with Crippen molar-refractivity contribution in [3.63, 3.8) is 0 Å². The SMILES string of the molecule is CCN(C(C)C)S(=O)(=O)c1ccc([N+](=O)[O-])c(NC)c1. The number of sulfonamides is 1. The van der Waals surface area contributed by atoms with Gasteiger partial charge in [-0.25, -0.2) is 8.42 Å². The van der Waals surface area contributed by atoms with Crippen LogP contribution in [0.3, 0.4) is 0 Å². The van der Waals surface area contributed by atoms with Crippen molar-refractivity contribution in [2.75, 3.05) is 18.9 Å². The van der Waals surface area contributed by atoms with Gasteiger partial charge in [0.1, 0.15) is 5.69 Å². The van der Waals surface area contributed by atoms with E-state index in [9.17, 15) is 18.5 Å². The van der Waals surface area contributed by atoms with Gasteiger partial charge in [-0.1, -0.05) is 6.92 Å². The van der Waals surface area contributed by atoms with Crippen LogP contribution in [0.1, 0.15) is 20.8 Å². The highest BCUT2D eigenvalue weighted by atomic mass is 32.2. The summed E-state index contributed by atoms with van der Waals surface area (Å²) in [4.78, 5) is 10.3. The molecule has 1 rings (SSSR count). The molecule has 0 spiro atoms. The average molecular weight is 301 g/mol. The molecule has 0 atom stereocenters. The number of nitrogens with one attached hydrogen (secondary N) is 1. The Kier molecular flexibility index (Phi) is 5.07. The maximum absolute atomic E-state index is 12.5. The molecule has 7 nitrogen and oxygen atoms in total. The molecule has 1 N–H and O–H groups in total. The quantitative estimate of drug-likeness (QED) is 0.641. The Morgan fingerprint density at radius 1 is 1.40 bits per heavy atom. The number of nitro groups is 1. The van der Waals surface area contributed by atoms with Gasteiger partial charge in [0, 0.05) is 25.7 Å². The van der Waals surface area contributed by atoms with Gasteiger partial charge >= 0.3 is 0 Å². The molecule has 0 fully saturated rings. The second-order valence-corrected chi connectivity index (χ2v) is 6.38. The van der Waals surface area contributed by atoms with E-state index in [1.165, 1.54) is 29.6 Å². The summed E-state index contributed by atoms with van der Waals surface area (Å²) in [5.74, 6) is 0. The Balaban J connectivity index is 3.37. The summed E-state index contributed by atoms with van der Waals surface area (Å²) in [6.45, 7) is 5.66. The van der Waals surface area contributed by atoms with E-state index in [0.29, 0.717) is 6.54 Å². The van der Waals surface area contributed by atoms with E-state index in [0.717, 1.165) is 0 Å². The highest BCUT2D eigenvalue weighted by molar-refractivity contribution is 7.89. The summed E-state index contributed by atoms with van der Waals surface area (Å²) < 4.78 is 26.3. The molecule has 0 aliphatic carbocycles. The Hall–Kier alpha value is -1.67. The van der Waals surface area contributed by atoms with Crippen molar-refractivity contribution < 1.29 is 13.3 Å². The first-order chi connectivity index (χ1) is 9.25. The van der Waals surface area contributed by atoms with Crippen molar-refractivity contribution >= 4 is 21.4 Å². The molecule has 0 bridgehead atoms. The van der Waals surface area contributed by atoms with Crippen LogP contribution in [0.25, 0.3) is 0 Å². The van der Waals surface area contributed by atoms with Crippen LogP contribution >= 0.6 is 0 Å². The van der Waals surface area contributed by atoms with E-state index in [4.69, 9.17) is 0 Å². The van der Waals surface area contributed by atoms with E-state index < -0.39 is 14.9 Å². The fourth-order valence-electron chi connectivity index (χ4n) is 1.98. The predicted molar refractivity (Wildman–Crippen MR) is 77.3 cm³/mol. The highest BCUT2D eigenvalue weighted by Gasteiger charge is 2.27. The number of hydrogen-bond donors (Lipinski definition) is 1. The van der Waals surface area contributed by atoms with Gasteiger partial charge in [-0.05, 0) is 26.0 Å². The highest BCUT2D eigenvalue weighted by Crippen LogP contribution is 2.28. The lowest BCUT2D eigenvalue weighted by Gasteiger charge is -2.24. The molecule has 112 valence electrons. The molecule has 0 amide bonds. The topological polar surface area (TPSA) is 92.5 Å². The Bertz CT molecular complexity index is 599. The molecular formula is C12H19N3O4S. The largest absolute Gasteiger partial charge is 0.383 e. The molecule has 0 aliphatic heterocycles. The van der Waals surface area contributed by atoms with Crippen molar-refractivity contribution in [1.29, 1.82) is 0 Å². The van der Waals surface area contributed by atoms with Crippen LogP contribution in [0, 0.1) is 10.1 Å². The number of benzene rings is 1. The van der Waals surface area contributed by atoms with Crippen molar-refractivity contribution in [1.82, 2.24) is 4.31 Å². The third kappa shape index (κ3) is 3.07. The minimum atomic E-state index is -3.65. The summed E-state index contributed by atoms with van der Waals surface area (Å²) in [6.07, 6.45) is 0. The first-order valence-electron chi connectivity index (χ1n) is 6.23. The Morgan fingerprint density at radius 2 is 2.00 bits per heavy atom. The monoisotopic (exact) mass is 301 g/mol. The van der Waals surface area contributed by atoms with Gasteiger partial charge in [0.25, 0.3) is 5.69 Å². The van der Waals surface area contributed by atoms with Gasteiger partial charge in [-0.15, -0.1) is 0 Å². The van der Waals surface area contributed by atoms with Crippen LogP contribution in [0.2, 0.25) is 0 Å². The van der Waals surface area contributed by atoms with Gasteiger partial charge in [-0.2, -0.15) is 4.31 Å². The number of rotatable bonds is 6. The van der Waals surface area contributed by atoms with Gasteiger partial charge < -0.3 is 5.32 Å². The second kappa shape index (κ2) is 6.19. The zero-order valence-corrected chi connectivity index (χ0v) is 12.8. The van der Waals surface area contributed by atoms with Gasteiger partial charge in [0.05, 0.1) is 9.82 Å². The maximum atomic E-state index is 12.5. The molecular weight excluding hydrogens is 282 g/mol. The van der Waals surface area contributed by atoms with Crippen LogP contribution < -0.4 is 5.32 Å². The van der Waals surface area contributed by atoms with E-state index in [1.54, 1.807) is 20.8 Å². The van der Waals surface area contributed by atoms with Crippen LogP contribution in [0.4, 0.5) is 11.4 Å². The van der Waals surface area contributed by atoms with E-state index >= 15 is 0 Å². The molecule has 8 heteroatoms. The summed E-state index contributed by atoms with van der Waals surface area (Å²) in [7, 11) is -2.14. The molecule has 0 unspecified atom stereocenters. The van der Waals surface area contributed by atoms with Crippen molar-refractivity contribution in [2.45, 2.75) is 31.7 Å². The average Bonchev–Trinajstić information content (AvgIpc) is 2.37. The standard InChI is InChI=1S/C12H19N3O4S/c1-5-14(9(2)3)20(18,19)10-6-7-12(15(16)17)11(8-10)13-4/h6-9,13H,5H2,1-4H3. The van der Waals surface area contributed by atoms with Crippen LogP contribution in [0.5, 0.6) is 0 Å². The van der Waals surface area contributed by atoms with Crippen molar-refractivity contribution in [2.24, 2.45) is 0 Å². The lowest BCUT2D eigenvalue weighted by atomic mass is 10.3. The van der Waals surface area contributed by atoms with Crippen LogP contribution in [-0.4, -0.2) is 37.3 Å². The summed E-state index contributed by atoms with van der Waals surface area (Å²) in [5, 5.41) is 13.5. The summed E-state index contributed by atoms with van der Waals surface area (Å²) in [5.41, 5.74) is 0.0231. The number of anilines is 1. The second-order valence-electron chi connectivity index (χ2n) is 4.49. The number of nitro benzene ring substituents is 1. The zero-order valence-electron chi connectivity index (χ0n) is 12.0. The molecule has 20 heavy (non-hydrogen) atoms. The first-order valence-corrected chi connectivity index (χ1v) is 7.67. The normalized spacial score (nSPS) is 11.9. The fraction of sp³-hybridized carbons (Fsp3) is 0.500. The number of nitrogens with zero attached hydrogens (tertiary/aromatic N) is 2. The van der Waals surface area contributed by atoms with Gasteiger partial charge in [-0.3, -0.25) is 10.1 Å². The van der Waals surface area contributed by atoms with Crippen LogP contribution in [-0.2, 0) is 10.0 Å². The van der Waals surface area contributed by atoms with Crippen LogP contribution in [0.15, 0.2) is 23.1 Å². The Labute approximate surface area is 118 Å². The van der Waals surface area contributed by atoms with E-state index in [-0.39, 0.29) is 22.3 Å². The molecule has 0 heterocycles. The molecule has 0 aliphatic rings. The third-order valence-corrected chi connectivity index (χ3v) is 5.08. The fourth-order valence-corrected chi connectivity index (χ4v) is 3.66. The van der Waals surface area contributed by atoms with Crippen molar-refractivity contribution in [3.05, 3.63) is 28.3 Å². The molecule has 0 aromatic heterocycles. The molecule has 1 aromatic rings. The maximum Gasteiger partial charge on any atom is 0.292 e. The molecule has 1 aromatic carbocycles. The zero-order chi connectivity index (χ0) is 15.5. The summed E-state index contributed by atoms with van der Waals surface area (Å²) >= 11 is 0. The number of hydrogen-bond acceptors (Lipinski definition) is 5.